The fourth-order valence-corrected chi connectivity index (χ4v) is 4.21. The molecule has 0 aliphatic carbocycles. The van der Waals surface area contributed by atoms with Gasteiger partial charge in [0.1, 0.15) is 11.6 Å². The Kier molecular flexibility index (Phi) is 9.52. The first-order valence-electron chi connectivity index (χ1n) is 12.1. The molecule has 1 unspecified atom stereocenters. The van der Waals surface area contributed by atoms with E-state index in [1.807, 2.05) is 32.0 Å². The van der Waals surface area contributed by atoms with E-state index in [4.69, 9.17) is 21.3 Å². The lowest BCUT2D eigenvalue weighted by molar-refractivity contribution is -0.135. The Hall–Kier alpha value is -2.86. The van der Waals surface area contributed by atoms with Crippen molar-refractivity contribution in [2.75, 3.05) is 13.2 Å². The summed E-state index contributed by atoms with van der Waals surface area (Å²) in [4.78, 5) is 33.2. The zero-order valence-corrected chi connectivity index (χ0v) is 21.1. The largest absolute Gasteiger partial charge is 0.484 e. The van der Waals surface area contributed by atoms with Crippen molar-refractivity contribution in [3.05, 3.63) is 69.7 Å². The van der Waals surface area contributed by atoms with Crippen molar-refractivity contribution in [1.29, 1.82) is 0 Å². The van der Waals surface area contributed by atoms with Crippen molar-refractivity contribution in [3.63, 3.8) is 0 Å². The molecule has 2 aromatic carbocycles. The van der Waals surface area contributed by atoms with Crippen LogP contribution in [-0.4, -0.2) is 33.5 Å². The van der Waals surface area contributed by atoms with Crippen LogP contribution in [0.4, 0.5) is 0 Å². The number of ether oxygens (including phenoxy) is 1. The molecule has 0 spiro atoms. The molecule has 6 nitrogen and oxygen atoms in total. The summed E-state index contributed by atoms with van der Waals surface area (Å²) < 4.78 is 7.47. The van der Waals surface area contributed by atoms with E-state index < -0.39 is 0 Å². The number of carbonyl (C=O) groups is 1. The quantitative estimate of drug-likeness (QED) is 0.296. The topological polar surface area (TPSA) is 64.4 Å². The Labute approximate surface area is 206 Å². The Morgan fingerprint density at radius 1 is 1.06 bits per heavy atom. The molecule has 1 aromatic heterocycles. The summed E-state index contributed by atoms with van der Waals surface area (Å²) in [5.74, 6) is 1.06. The van der Waals surface area contributed by atoms with Gasteiger partial charge < -0.3 is 9.64 Å². The maximum absolute atomic E-state index is 13.3. The van der Waals surface area contributed by atoms with Gasteiger partial charge in [0.05, 0.1) is 16.9 Å². The highest BCUT2D eigenvalue weighted by atomic mass is 35.5. The Bertz CT molecular complexity index is 1140. The minimum absolute atomic E-state index is 0.0647. The van der Waals surface area contributed by atoms with Crippen LogP contribution in [0.2, 0.25) is 5.02 Å². The van der Waals surface area contributed by atoms with Gasteiger partial charge in [0, 0.05) is 18.1 Å². The van der Waals surface area contributed by atoms with Crippen LogP contribution >= 0.6 is 11.6 Å². The number of nitrogens with zero attached hydrogens (tertiary/aromatic N) is 3. The highest BCUT2D eigenvalue weighted by Gasteiger charge is 2.26. The first-order valence-corrected chi connectivity index (χ1v) is 12.5. The number of benzene rings is 2. The highest BCUT2D eigenvalue weighted by Crippen LogP contribution is 2.22. The predicted molar refractivity (Wildman–Crippen MR) is 138 cm³/mol. The third kappa shape index (κ3) is 6.38. The number of halogens is 1. The van der Waals surface area contributed by atoms with Gasteiger partial charge in [-0.05, 0) is 56.2 Å². The normalized spacial score (nSPS) is 12.0. The fourth-order valence-electron chi connectivity index (χ4n) is 4.09. The van der Waals surface area contributed by atoms with Crippen LogP contribution in [0.1, 0.15) is 64.7 Å². The van der Waals surface area contributed by atoms with Gasteiger partial charge in [-0.25, -0.2) is 4.98 Å². The van der Waals surface area contributed by atoms with Crippen LogP contribution in [-0.2, 0) is 11.3 Å². The Morgan fingerprint density at radius 3 is 2.50 bits per heavy atom. The monoisotopic (exact) mass is 483 g/mol. The number of amides is 1. The Balaban J connectivity index is 1.90. The number of para-hydroxylation sites is 1. The van der Waals surface area contributed by atoms with Gasteiger partial charge in [-0.15, -0.1) is 0 Å². The maximum Gasteiger partial charge on any atom is 0.261 e. The summed E-state index contributed by atoms with van der Waals surface area (Å²) in [6, 6.07) is 14.0. The van der Waals surface area contributed by atoms with Crippen LogP contribution in [0, 0.1) is 0 Å². The average Bonchev–Trinajstić information content (AvgIpc) is 2.85. The minimum atomic E-state index is -0.369. The molecule has 3 rings (SSSR count). The molecule has 0 N–H and O–H groups in total. The summed E-state index contributed by atoms with van der Waals surface area (Å²) in [5.41, 5.74) is 0.586. The van der Waals surface area contributed by atoms with E-state index in [1.165, 1.54) is 0 Å². The molecule has 1 amide bonds. The molecular weight excluding hydrogens is 450 g/mol. The molecule has 7 heteroatoms. The van der Waals surface area contributed by atoms with Crippen molar-refractivity contribution in [2.45, 2.75) is 65.5 Å². The average molecular weight is 484 g/mol. The minimum Gasteiger partial charge on any atom is -0.484 e. The molecule has 182 valence electrons. The van der Waals surface area contributed by atoms with Crippen LogP contribution in [0.25, 0.3) is 10.9 Å². The third-order valence-corrected chi connectivity index (χ3v) is 6.18. The second kappa shape index (κ2) is 12.6. The van der Waals surface area contributed by atoms with Gasteiger partial charge >= 0.3 is 0 Å². The molecule has 0 radical (unpaired) electrons. The number of aromatic nitrogens is 2. The molecular formula is C27H34ClN3O3. The molecule has 1 atom stereocenters. The van der Waals surface area contributed by atoms with Crippen LogP contribution < -0.4 is 10.3 Å². The van der Waals surface area contributed by atoms with Gasteiger partial charge in [-0.2, -0.15) is 0 Å². The van der Waals surface area contributed by atoms with E-state index in [2.05, 4.69) is 6.92 Å². The summed E-state index contributed by atoms with van der Waals surface area (Å²) in [5, 5.41) is 1.21. The van der Waals surface area contributed by atoms with Gasteiger partial charge in [0.25, 0.3) is 11.5 Å². The van der Waals surface area contributed by atoms with Gasteiger partial charge in [-0.1, -0.05) is 56.8 Å². The zero-order chi connectivity index (χ0) is 24.5. The number of hydrogen-bond donors (Lipinski definition) is 0. The fraction of sp³-hybridized carbons (Fsp3) is 0.444. The van der Waals surface area contributed by atoms with Crippen molar-refractivity contribution >= 4 is 28.4 Å². The molecule has 34 heavy (non-hydrogen) atoms. The molecule has 0 fully saturated rings. The van der Waals surface area contributed by atoms with Crippen LogP contribution in [0.5, 0.6) is 5.75 Å². The van der Waals surface area contributed by atoms with Gasteiger partial charge in [0.15, 0.2) is 6.61 Å². The van der Waals surface area contributed by atoms with E-state index in [-0.39, 0.29) is 24.1 Å². The number of carbonyl (C=O) groups excluding carboxylic acids is 1. The molecule has 0 saturated heterocycles. The lowest BCUT2D eigenvalue weighted by Crippen LogP contribution is -2.40. The third-order valence-electron chi connectivity index (χ3n) is 5.93. The number of rotatable bonds is 12. The summed E-state index contributed by atoms with van der Waals surface area (Å²) in [6.07, 6.45) is 4.95. The summed E-state index contributed by atoms with van der Waals surface area (Å²) in [7, 11) is 0. The number of fused-ring (bicyclic) bond motifs is 1. The van der Waals surface area contributed by atoms with Gasteiger partial charge in [0.2, 0.25) is 0 Å². The van der Waals surface area contributed by atoms with Crippen molar-refractivity contribution in [3.8, 4) is 5.75 Å². The van der Waals surface area contributed by atoms with Crippen LogP contribution in [0.15, 0.2) is 53.3 Å². The van der Waals surface area contributed by atoms with Gasteiger partial charge in [-0.3, -0.25) is 14.2 Å². The molecule has 0 saturated carbocycles. The van der Waals surface area contributed by atoms with E-state index in [9.17, 15) is 9.59 Å². The number of unbranched alkanes of at least 4 members (excludes halogenated alkanes) is 3. The predicted octanol–water partition coefficient (Wildman–Crippen LogP) is 6.01. The summed E-state index contributed by atoms with van der Waals surface area (Å²) in [6.45, 7) is 7.18. The van der Waals surface area contributed by atoms with E-state index in [1.54, 1.807) is 39.8 Å². The van der Waals surface area contributed by atoms with E-state index in [0.29, 0.717) is 40.6 Å². The van der Waals surface area contributed by atoms with Crippen molar-refractivity contribution in [2.24, 2.45) is 0 Å². The molecule has 0 bridgehead atoms. The molecule has 1 heterocycles. The molecule has 0 aliphatic rings. The van der Waals surface area contributed by atoms with Crippen molar-refractivity contribution in [1.82, 2.24) is 14.5 Å². The standard InChI is InChI=1S/C27H34ClN3O3/c1-4-6-7-10-18-30(25(32)19-34-22-15-13-21(28)14-16-22)20(3)26-29-24-12-9-8-11-23(24)27(33)31(26)17-5-2/h8-9,11-16,20H,4-7,10,17-19H2,1-3H3. The molecule has 0 aliphatic heterocycles. The van der Waals surface area contributed by atoms with Crippen molar-refractivity contribution < 1.29 is 9.53 Å². The smallest absolute Gasteiger partial charge is 0.261 e. The SMILES string of the molecule is CCCCCCN(C(=O)COc1ccc(Cl)cc1)C(C)c1nc2ccccc2c(=O)n1CCC. The first kappa shape index (κ1) is 25.8. The lowest BCUT2D eigenvalue weighted by atomic mass is 10.1. The maximum atomic E-state index is 13.3. The highest BCUT2D eigenvalue weighted by molar-refractivity contribution is 6.30. The number of hydrogen-bond acceptors (Lipinski definition) is 4. The lowest BCUT2D eigenvalue weighted by Gasteiger charge is -2.30. The van der Waals surface area contributed by atoms with Crippen LogP contribution in [0.3, 0.4) is 0 Å². The first-order chi connectivity index (χ1) is 16.5. The second-order valence-corrected chi connectivity index (χ2v) is 8.95. The zero-order valence-electron chi connectivity index (χ0n) is 20.3. The molecule has 3 aromatic rings. The second-order valence-electron chi connectivity index (χ2n) is 8.51. The Morgan fingerprint density at radius 2 is 1.79 bits per heavy atom. The van der Waals surface area contributed by atoms with E-state index >= 15 is 0 Å². The van der Waals surface area contributed by atoms with E-state index in [0.717, 1.165) is 32.1 Å². The summed E-state index contributed by atoms with van der Waals surface area (Å²) >= 11 is 5.95.